The van der Waals surface area contributed by atoms with Crippen molar-refractivity contribution in [2.24, 2.45) is 0 Å². The van der Waals surface area contributed by atoms with E-state index in [9.17, 15) is 9.90 Å². The first-order valence-corrected chi connectivity index (χ1v) is 7.34. The van der Waals surface area contributed by atoms with E-state index in [1.54, 1.807) is 6.07 Å². The van der Waals surface area contributed by atoms with Crippen LogP contribution in [0.2, 0.25) is 0 Å². The number of anilines is 1. The van der Waals surface area contributed by atoms with Gasteiger partial charge in [0.25, 0.3) is 5.91 Å². The molecule has 0 aliphatic rings. The third-order valence-electron chi connectivity index (χ3n) is 3.44. The molecule has 4 heteroatoms. The number of rotatable bonds is 6. The second kappa shape index (κ2) is 7.61. The second-order valence-corrected chi connectivity index (χ2v) is 5.50. The largest absolute Gasteiger partial charge is 0.391 e. The number of hydrogen-bond acceptors (Lipinski definition) is 3. The molecule has 0 radical (unpaired) electrons. The highest BCUT2D eigenvalue weighted by Crippen LogP contribution is 2.13. The summed E-state index contributed by atoms with van der Waals surface area (Å²) in [5.41, 5.74) is 2.62. The van der Waals surface area contributed by atoms with E-state index < -0.39 is 6.10 Å². The van der Waals surface area contributed by atoms with Gasteiger partial charge in [-0.25, -0.2) is 0 Å². The molecule has 0 saturated carbocycles. The summed E-state index contributed by atoms with van der Waals surface area (Å²) in [6.45, 7) is 0.236. The first kappa shape index (κ1) is 16.0. The lowest BCUT2D eigenvalue weighted by molar-refractivity contribution is 0.0916. The Hall–Kier alpha value is -2.33. The van der Waals surface area contributed by atoms with E-state index in [0.717, 1.165) is 11.3 Å². The minimum absolute atomic E-state index is 0.171. The minimum Gasteiger partial charge on any atom is -0.391 e. The molecule has 0 spiro atoms. The SMILES string of the molecule is CN(C)c1cccc(C(=O)NCC(O)Cc2ccccc2)c1. The molecule has 1 amide bonds. The number of nitrogens with one attached hydrogen (secondary N) is 1. The molecule has 1 atom stereocenters. The number of carbonyl (C=O) groups excluding carboxylic acids is 1. The van der Waals surface area contributed by atoms with E-state index in [-0.39, 0.29) is 12.5 Å². The lowest BCUT2D eigenvalue weighted by Crippen LogP contribution is -2.33. The number of amides is 1. The summed E-state index contributed by atoms with van der Waals surface area (Å²) in [5.74, 6) is -0.171. The Morgan fingerprint density at radius 3 is 2.55 bits per heavy atom. The molecule has 4 nitrogen and oxygen atoms in total. The summed E-state index contributed by atoms with van der Waals surface area (Å²) in [5, 5.41) is 12.8. The fourth-order valence-corrected chi connectivity index (χ4v) is 2.20. The maximum absolute atomic E-state index is 12.1. The molecule has 22 heavy (non-hydrogen) atoms. The fourth-order valence-electron chi connectivity index (χ4n) is 2.20. The molecule has 2 N–H and O–H groups in total. The van der Waals surface area contributed by atoms with Crippen molar-refractivity contribution < 1.29 is 9.90 Å². The highest BCUT2D eigenvalue weighted by atomic mass is 16.3. The van der Waals surface area contributed by atoms with Crippen molar-refractivity contribution in [3.63, 3.8) is 0 Å². The maximum Gasteiger partial charge on any atom is 0.251 e. The summed E-state index contributed by atoms with van der Waals surface area (Å²) in [6, 6.07) is 17.1. The fraction of sp³-hybridized carbons (Fsp3) is 0.278. The summed E-state index contributed by atoms with van der Waals surface area (Å²) >= 11 is 0. The molecule has 2 rings (SSSR count). The number of benzene rings is 2. The Labute approximate surface area is 131 Å². The van der Waals surface area contributed by atoms with Gasteiger partial charge >= 0.3 is 0 Å². The molecule has 2 aromatic carbocycles. The van der Waals surface area contributed by atoms with Crippen molar-refractivity contribution in [1.29, 1.82) is 0 Å². The lowest BCUT2D eigenvalue weighted by atomic mass is 10.1. The Balaban J connectivity index is 1.88. The number of nitrogens with zero attached hydrogens (tertiary/aromatic N) is 1. The van der Waals surface area contributed by atoms with Crippen molar-refractivity contribution in [3.05, 3.63) is 65.7 Å². The Morgan fingerprint density at radius 2 is 1.86 bits per heavy atom. The van der Waals surface area contributed by atoms with Gasteiger partial charge in [-0.15, -0.1) is 0 Å². The van der Waals surface area contributed by atoms with Crippen molar-refractivity contribution in [3.8, 4) is 0 Å². The van der Waals surface area contributed by atoms with Gasteiger partial charge in [0.15, 0.2) is 0 Å². The van der Waals surface area contributed by atoms with Crippen LogP contribution in [-0.4, -0.2) is 37.8 Å². The molecular formula is C18H22N2O2. The molecule has 116 valence electrons. The van der Waals surface area contributed by atoms with Crippen LogP contribution in [0.3, 0.4) is 0 Å². The van der Waals surface area contributed by atoms with Crippen LogP contribution < -0.4 is 10.2 Å². The van der Waals surface area contributed by atoms with Crippen LogP contribution in [0.25, 0.3) is 0 Å². The zero-order valence-corrected chi connectivity index (χ0v) is 13.0. The maximum atomic E-state index is 12.1. The van der Waals surface area contributed by atoms with Crippen molar-refractivity contribution in [2.75, 3.05) is 25.5 Å². The third-order valence-corrected chi connectivity index (χ3v) is 3.44. The number of aliphatic hydroxyl groups excluding tert-OH is 1. The molecule has 0 bridgehead atoms. The number of hydrogen-bond donors (Lipinski definition) is 2. The topological polar surface area (TPSA) is 52.6 Å². The van der Waals surface area contributed by atoms with Crippen LogP contribution in [0, 0.1) is 0 Å². The van der Waals surface area contributed by atoms with E-state index in [2.05, 4.69) is 5.32 Å². The summed E-state index contributed by atoms with van der Waals surface area (Å²) in [6.07, 6.45) is -0.0674. The zero-order chi connectivity index (χ0) is 15.9. The Bertz CT molecular complexity index is 611. The van der Waals surface area contributed by atoms with Crippen LogP contribution in [-0.2, 0) is 6.42 Å². The van der Waals surface area contributed by atoms with E-state index in [0.29, 0.717) is 12.0 Å². The van der Waals surface area contributed by atoms with Crippen molar-refractivity contribution in [1.82, 2.24) is 5.32 Å². The third kappa shape index (κ3) is 4.60. The van der Waals surface area contributed by atoms with Gasteiger partial charge in [0.1, 0.15) is 0 Å². The smallest absolute Gasteiger partial charge is 0.251 e. The predicted octanol–water partition coefficient (Wildman–Crippen LogP) is 2.09. The van der Waals surface area contributed by atoms with E-state index in [1.165, 1.54) is 0 Å². The first-order valence-electron chi connectivity index (χ1n) is 7.34. The number of aliphatic hydroxyl groups is 1. The molecular weight excluding hydrogens is 276 g/mol. The van der Waals surface area contributed by atoms with Crippen molar-refractivity contribution >= 4 is 11.6 Å². The molecule has 0 aliphatic carbocycles. The van der Waals surface area contributed by atoms with Gasteiger partial charge in [-0.1, -0.05) is 36.4 Å². The average molecular weight is 298 g/mol. The molecule has 0 aromatic heterocycles. The van der Waals surface area contributed by atoms with E-state index >= 15 is 0 Å². The first-order chi connectivity index (χ1) is 10.6. The van der Waals surface area contributed by atoms with Gasteiger partial charge in [0.2, 0.25) is 0 Å². The summed E-state index contributed by atoms with van der Waals surface area (Å²) in [4.78, 5) is 14.1. The Morgan fingerprint density at radius 1 is 1.14 bits per heavy atom. The molecule has 1 unspecified atom stereocenters. The van der Waals surface area contributed by atoms with Gasteiger partial charge in [0.05, 0.1) is 6.10 Å². The van der Waals surface area contributed by atoms with Gasteiger partial charge in [-0.05, 0) is 23.8 Å². The molecule has 0 heterocycles. The molecule has 0 saturated heterocycles. The van der Waals surface area contributed by atoms with Gasteiger partial charge in [0, 0.05) is 38.3 Å². The summed E-state index contributed by atoms with van der Waals surface area (Å²) < 4.78 is 0. The highest BCUT2D eigenvalue weighted by molar-refractivity contribution is 5.95. The van der Waals surface area contributed by atoms with Crippen molar-refractivity contribution in [2.45, 2.75) is 12.5 Å². The monoisotopic (exact) mass is 298 g/mol. The Kier molecular flexibility index (Phi) is 5.55. The lowest BCUT2D eigenvalue weighted by Gasteiger charge is -2.15. The van der Waals surface area contributed by atoms with Gasteiger partial charge < -0.3 is 15.3 Å². The molecule has 0 fully saturated rings. The van der Waals surface area contributed by atoms with Gasteiger partial charge in [-0.2, -0.15) is 0 Å². The minimum atomic E-state index is -0.594. The standard InChI is InChI=1S/C18H22N2O2/c1-20(2)16-10-6-9-15(12-16)18(22)19-13-17(21)11-14-7-4-3-5-8-14/h3-10,12,17,21H,11,13H2,1-2H3,(H,19,22). The predicted molar refractivity (Wildman–Crippen MR) is 89.3 cm³/mol. The van der Waals surface area contributed by atoms with Crippen LogP contribution in [0.1, 0.15) is 15.9 Å². The van der Waals surface area contributed by atoms with Crippen LogP contribution >= 0.6 is 0 Å². The molecule has 2 aromatic rings. The van der Waals surface area contributed by atoms with Crippen LogP contribution in [0.15, 0.2) is 54.6 Å². The quantitative estimate of drug-likeness (QED) is 0.858. The van der Waals surface area contributed by atoms with E-state index in [1.807, 2.05) is 67.5 Å². The van der Waals surface area contributed by atoms with E-state index in [4.69, 9.17) is 0 Å². The average Bonchev–Trinajstić information content (AvgIpc) is 2.53. The van der Waals surface area contributed by atoms with Gasteiger partial charge in [-0.3, -0.25) is 4.79 Å². The second-order valence-electron chi connectivity index (χ2n) is 5.50. The highest BCUT2D eigenvalue weighted by Gasteiger charge is 2.10. The number of carbonyl (C=O) groups is 1. The normalized spacial score (nSPS) is 11.8. The molecule has 0 aliphatic heterocycles. The zero-order valence-electron chi connectivity index (χ0n) is 13.0. The summed E-state index contributed by atoms with van der Waals surface area (Å²) in [7, 11) is 3.86. The van der Waals surface area contributed by atoms with Crippen LogP contribution in [0.4, 0.5) is 5.69 Å². The van der Waals surface area contributed by atoms with Crippen LogP contribution in [0.5, 0.6) is 0 Å².